The van der Waals surface area contributed by atoms with Crippen molar-refractivity contribution in [2.24, 2.45) is 0 Å². The molecule has 8 aromatic carbocycles. The SMILES string of the molecule is Cc1cc(-n2c3ccccc3c3cc4c5ccccc5n(-c5ccccc5)c4cc32)c2c(oc3ccccc32)c1-c1nc(-c2ccccc2)nc(-c2ccccc2)n1. The van der Waals surface area contributed by atoms with Gasteiger partial charge >= 0.3 is 0 Å². The Labute approximate surface area is 332 Å². The summed E-state index contributed by atoms with van der Waals surface area (Å²) < 4.78 is 11.8. The molecule has 0 amide bonds. The van der Waals surface area contributed by atoms with Crippen molar-refractivity contribution in [3.8, 4) is 45.5 Å². The molecule has 0 bridgehead atoms. The smallest absolute Gasteiger partial charge is 0.168 e. The van der Waals surface area contributed by atoms with E-state index in [1.165, 1.54) is 27.1 Å². The van der Waals surface area contributed by atoms with Crippen LogP contribution in [0.3, 0.4) is 0 Å². The molecular weight excluding hydrogens is 711 g/mol. The molecule has 4 heterocycles. The first-order chi connectivity index (χ1) is 28.7. The largest absolute Gasteiger partial charge is 0.455 e. The molecule has 0 aliphatic carbocycles. The lowest BCUT2D eigenvalue weighted by Gasteiger charge is -2.15. The summed E-state index contributed by atoms with van der Waals surface area (Å²) in [5.74, 6) is 1.78. The van der Waals surface area contributed by atoms with E-state index in [2.05, 4.69) is 125 Å². The van der Waals surface area contributed by atoms with Gasteiger partial charge in [-0.1, -0.05) is 133 Å². The van der Waals surface area contributed by atoms with Crippen molar-refractivity contribution in [3.05, 3.63) is 188 Å². The Bertz CT molecular complexity index is 3510. The van der Waals surface area contributed by atoms with Crippen molar-refractivity contribution in [1.82, 2.24) is 24.1 Å². The second-order valence-electron chi connectivity index (χ2n) is 14.9. The van der Waals surface area contributed by atoms with Gasteiger partial charge in [0.1, 0.15) is 11.2 Å². The van der Waals surface area contributed by atoms with Crippen LogP contribution in [0.4, 0.5) is 0 Å². The Balaban J connectivity index is 1.19. The number of hydrogen-bond donors (Lipinski definition) is 0. The number of benzene rings is 8. The zero-order chi connectivity index (χ0) is 38.3. The van der Waals surface area contributed by atoms with Crippen LogP contribution in [0.25, 0.3) is 111 Å². The molecule has 0 unspecified atom stereocenters. The predicted octanol–water partition coefficient (Wildman–Crippen LogP) is 13.3. The van der Waals surface area contributed by atoms with Crippen molar-refractivity contribution in [2.75, 3.05) is 0 Å². The summed E-state index contributed by atoms with van der Waals surface area (Å²) in [6, 6.07) is 63.7. The molecule has 0 atom stereocenters. The molecule has 0 spiro atoms. The van der Waals surface area contributed by atoms with Gasteiger partial charge in [0.2, 0.25) is 0 Å². The van der Waals surface area contributed by atoms with Crippen LogP contribution in [0.1, 0.15) is 5.56 Å². The quantitative estimate of drug-likeness (QED) is 0.176. The average Bonchev–Trinajstić information content (AvgIpc) is 3.94. The van der Waals surface area contributed by atoms with Crippen molar-refractivity contribution < 1.29 is 4.42 Å². The first kappa shape index (κ1) is 32.4. The number of hydrogen-bond acceptors (Lipinski definition) is 4. The number of fused-ring (bicyclic) bond motifs is 9. The fourth-order valence-electron chi connectivity index (χ4n) is 8.92. The molecule has 0 saturated carbocycles. The summed E-state index contributed by atoms with van der Waals surface area (Å²) in [6.45, 7) is 2.14. The maximum absolute atomic E-state index is 6.94. The van der Waals surface area contributed by atoms with Gasteiger partial charge in [-0.2, -0.15) is 0 Å². The van der Waals surface area contributed by atoms with Crippen LogP contribution in [0, 0.1) is 6.92 Å². The first-order valence-corrected chi connectivity index (χ1v) is 19.5. The van der Waals surface area contributed by atoms with Gasteiger partial charge in [-0.15, -0.1) is 0 Å². The van der Waals surface area contributed by atoms with Crippen LogP contribution in [0.2, 0.25) is 0 Å². The zero-order valence-corrected chi connectivity index (χ0v) is 31.5. The van der Waals surface area contributed by atoms with Gasteiger partial charge < -0.3 is 13.6 Å². The molecule has 0 fully saturated rings. The molecule has 4 aromatic heterocycles. The molecule has 6 heteroatoms. The van der Waals surface area contributed by atoms with Gasteiger partial charge in [0.15, 0.2) is 17.5 Å². The van der Waals surface area contributed by atoms with E-state index >= 15 is 0 Å². The van der Waals surface area contributed by atoms with Crippen molar-refractivity contribution >= 4 is 65.6 Å². The first-order valence-electron chi connectivity index (χ1n) is 19.5. The minimum atomic E-state index is 0.567. The number of para-hydroxylation sites is 4. The standard InChI is InChI=1S/C52H33N5O/c1-32-29-45(57-42-27-15-12-24-37(42)40-30-39-36-23-11-14-26-41(36)56(43(39)31-44(40)57)35-21-9-4-10-22-35)48-38-25-13-16-28-46(38)58-49(48)47(32)52-54-50(33-17-5-2-6-18-33)53-51(55-52)34-19-7-3-8-20-34/h2-31H,1H3. The highest BCUT2D eigenvalue weighted by Gasteiger charge is 2.26. The lowest BCUT2D eigenvalue weighted by Crippen LogP contribution is -2.03. The summed E-state index contributed by atoms with van der Waals surface area (Å²) in [7, 11) is 0. The normalized spacial score (nSPS) is 11.9. The summed E-state index contributed by atoms with van der Waals surface area (Å²) in [6.07, 6.45) is 0. The van der Waals surface area contributed by atoms with Crippen LogP contribution >= 0.6 is 0 Å². The van der Waals surface area contributed by atoms with Crippen LogP contribution in [0.5, 0.6) is 0 Å². The van der Waals surface area contributed by atoms with E-state index in [4.69, 9.17) is 19.4 Å². The molecule has 0 radical (unpaired) electrons. The zero-order valence-electron chi connectivity index (χ0n) is 31.5. The Morgan fingerprint density at radius 1 is 0.414 bits per heavy atom. The van der Waals surface area contributed by atoms with Crippen LogP contribution in [0.15, 0.2) is 186 Å². The highest BCUT2D eigenvalue weighted by atomic mass is 16.3. The van der Waals surface area contributed by atoms with Gasteiger partial charge in [-0.05, 0) is 61.0 Å². The topological polar surface area (TPSA) is 61.7 Å². The van der Waals surface area contributed by atoms with Crippen LogP contribution in [-0.2, 0) is 0 Å². The predicted molar refractivity (Wildman–Crippen MR) is 237 cm³/mol. The summed E-state index contributed by atoms with van der Waals surface area (Å²) >= 11 is 0. The van der Waals surface area contributed by atoms with Crippen molar-refractivity contribution in [2.45, 2.75) is 6.92 Å². The second-order valence-corrected chi connectivity index (χ2v) is 14.9. The maximum Gasteiger partial charge on any atom is 0.168 e. The minimum absolute atomic E-state index is 0.567. The number of nitrogens with zero attached hydrogens (tertiary/aromatic N) is 5. The van der Waals surface area contributed by atoms with Gasteiger partial charge in [0, 0.05) is 43.7 Å². The molecular formula is C52H33N5O. The number of aryl methyl sites for hydroxylation is 1. The monoisotopic (exact) mass is 743 g/mol. The fourth-order valence-corrected chi connectivity index (χ4v) is 8.92. The lowest BCUT2D eigenvalue weighted by molar-refractivity contribution is 0.669. The lowest BCUT2D eigenvalue weighted by atomic mass is 10.0. The Morgan fingerprint density at radius 3 is 1.55 bits per heavy atom. The number of aromatic nitrogens is 5. The van der Waals surface area contributed by atoms with Gasteiger partial charge in [0.05, 0.1) is 38.7 Å². The molecule has 0 aliphatic heterocycles. The molecule has 6 nitrogen and oxygen atoms in total. The molecule has 12 rings (SSSR count). The van der Waals surface area contributed by atoms with Crippen LogP contribution in [-0.4, -0.2) is 24.1 Å². The summed E-state index contributed by atoms with van der Waals surface area (Å²) in [5, 5.41) is 6.87. The van der Waals surface area contributed by atoms with E-state index in [1.807, 2.05) is 72.8 Å². The van der Waals surface area contributed by atoms with E-state index < -0.39 is 0 Å². The molecule has 0 N–H and O–H groups in total. The van der Waals surface area contributed by atoms with Crippen LogP contribution < -0.4 is 0 Å². The summed E-state index contributed by atoms with van der Waals surface area (Å²) in [4.78, 5) is 15.3. The molecule has 0 aliphatic rings. The third kappa shape index (κ3) is 4.82. The molecule has 272 valence electrons. The molecule has 12 aromatic rings. The highest BCUT2D eigenvalue weighted by Crippen LogP contribution is 2.45. The fraction of sp³-hybridized carbons (Fsp3) is 0.0192. The number of rotatable bonds is 5. The van der Waals surface area contributed by atoms with Gasteiger partial charge in [0.25, 0.3) is 0 Å². The Kier molecular flexibility index (Phi) is 7.04. The van der Waals surface area contributed by atoms with Crippen molar-refractivity contribution in [1.29, 1.82) is 0 Å². The average molecular weight is 744 g/mol. The van der Waals surface area contributed by atoms with E-state index in [1.54, 1.807) is 0 Å². The third-order valence-electron chi connectivity index (χ3n) is 11.5. The Hall–Kier alpha value is -7.83. The Morgan fingerprint density at radius 2 is 0.914 bits per heavy atom. The van der Waals surface area contributed by atoms with E-state index in [9.17, 15) is 0 Å². The number of furan rings is 1. The molecule has 58 heavy (non-hydrogen) atoms. The van der Waals surface area contributed by atoms with Crippen molar-refractivity contribution in [3.63, 3.8) is 0 Å². The maximum atomic E-state index is 6.94. The minimum Gasteiger partial charge on any atom is -0.455 e. The third-order valence-corrected chi connectivity index (χ3v) is 11.5. The van der Waals surface area contributed by atoms with E-state index in [-0.39, 0.29) is 0 Å². The van der Waals surface area contributed by atoms with Gasteiger partial charge in [-0.25, -0.2) is 15.0 Å². The highest BCUT2D eigenvalue weighted by molar-refractivity contribution is 6.21. The van der Waals surface area contributed by atoms with E-state index in [0.29, 0.717) is 17.5 Å². The van der Waals surface area contributed by atoms with E-state index in [0.717, 1.165) is 72.1 Å². The second kappa shape index (κ2) is 12.6. The summed E-state index contributed by atoms with van der Waals surface area (Å²) in [5.41, 5.74) is 12.0. The van der Waals surface area contributed by atoms with Gasteiger partial charge in [-0.3, -0.25) is 0 Å². The molecule has 0 saturated heterocycles.